The van der Waals surface area contributed by atoms with Gasteiger partial charge in [-0.2, -0.15) is 5.26 Å². The molecule has 1 aromatic carbocycles. The van der Waals surface area contributed by atoms with Gasteiger partial charge in [-0.25, -0.2) is 14.2 Å². The van der Waals surface area contributed by atoms with Crippen molar-refractivity contribution in [3.05, 3.63) is 45.9 Å². The Bertz CT molecular complexity index is 1740. The van der Waals surface area contributed by atoms with E-state index < -0.39 is 17.5 Å². The smallest absolute Gasteiger partial charge is 0.412 e. The molecule has 1 saturated heterocycles. The number of carbonyl (C=O) groups excluding carboxylic acids is 1. The van der Waals surface area contributed by atoms with E-state index in [1.165, 1.54) is 0 Å². The van der Waals surface area contributed by atoms with E-state index in [9.17, 15) is 10.1 Å². The molecule has 0 saturated carbocycles. The van der Waals surface area contributed by atoms with Gasteiger partial charge in [0.05, 0.1) is 45.9 Å². The number of benzene rings is 1. The van der Waals surface area contributed by atoms with Crippen LogP contribution in [0, 0.1) is 23.1 Å². The highest BCUT2D eigenvalue weighted by Gasteiger charge is 2.30. The minimum Gasteiger partial charge on any atom is -0.444 e. The van der Waals surface area contributed by atoms with E-state index in [1.807, 2.05) is 12.1 Å². The summed E-state index contributed by atoms with van der Waals surface area (Å²) in [6.45, 7) is 9.94. The van der Waals surface area contributed by atoms with Crippen LogP contribution in [-0.4, -0.2) is 34.8 Å². The molecule has 2 aliphatic heterocycles. The van der Waals surface area contributed by atoms with Gasteiger partial charge in [-0.15, -0.1) is 11.3 Å². The maximum absolute atomic E-state index is 15.1. The molecule has 1 atom stereocenters. The lowest BCUT2D eigenvalue weighted by Gasteiger charge is -2.20. The van der Waals surface area contributed by atoms with Crippen LogP contribution >= 0.6 is 22.9 Å². The Kier molecular flexibility index (Phi) is 6.56. The fourth-order valence-electron chi connectivity index (χ4n) is 5.42. The summed E-state index contributed by atoms with van der Waals surface area (Å²) in [5.74, 6) is 0.823. The zero-order chi connectivity index (χ0) is 28.3. The van der Waals surface area contributed by atoms with E-state index >= 15 is 4.39 Å². The van der Waals surface area contributed by atoms with Crippen molar-refractivity contribution in [2.24, 2.45) is 5.92 Å². The van der Waals surface area contributed by atoms with Gasteiger partial charge in [0, 0.05) is 29.4 Å². The van der Waals surface area contributed by atoms with Crippen LogP contribution in [0.25, 0.3) is 32.2 Å². The zero-order valence-corrected chi connectivity index (χ0v) is 24.1. The molecule has 5 heterocycles. The first-order valence-corrected chi connectivity index (χ1v) is 14.2. The molecular formula is C29H27ClFN5O3S. The number of aromatic nitrogens is 2. The van der Waals surface area contributed by atoms with Crippen molar-refractivity contribution >= 4 is 60.8 Å². The molecule has 206 valence electrons. The summed E-state index contributed by atoms with van der Waals surface area (Å²) in [6.07, 6.45) is 1.48. The predicted octanol–water partition coefficient (Wildman–Crippen LogP) is 7.40. The Balaban J connectivity index is 1.56. The molecule has 3 aromatic heterocycles. The maximum atomic E-state index is 15.1. The van der Waals surface area contributed by atoms with Crippen molar-refractivity contribution in [2.45, 2.75) is 52.9 Å². The number of carbonyl (C=O) groups is 1. The number of hydrogen-bond acceptors (Lipinski definition) is 8. The number of hydrogen-bond donors (Lipinski definition) is 1. The van der Waals surface area contributed by atoms with Gasteiger partial charge in [0.1, 0.15) is 22.5 Å². The predicted molar refractivity (Wildman–Crippen MR) is 154 cm³/mol. The molecule has 1 fully saturated rings. The van der Waals surface area contributed by atoms with E-state index in [2.05, 4.69) is 28.2 Å². The lowest BCUT2D eigenvalue weighted by molar-refractivity contribution is 0.0636. The Morgan fingerprint density at radius 3 is 2.80 bits per heavy atom. The molecule has 0 bridgehead atoms. The first-order chi connectivity index (χ1) is 19.1. The number of nitriles is 1. The van der Waals surface area contributed by atoms with Crippen LogP contribution in [0.15, 0.2) is 18.3 Å². The third-order valence-electron chi connectivity index (χ3n) is 7.17. The SMILES string of the molecule is CC1CCN(c2ccc3c4c(c(-c5ncc(F)c6sc(NC(=O)OC(C)(C)C)c(C#N)c56)c(Cl)c3n2)COC4)C1. The third kappa shape index (κ3) is 4.52. The van der Waals surface area contributed by atoms with Crippen molar-refractivity contribution in [3.63, 3.8) is 0 Å². The number of amides is 1. The van der Waals surface area contributed by atoms with Crippen LogP contribution in [0.1, 0.15) is 50.8 Å². The molecule has 11 heteroatoms. The van der Waals surface area contributed by atoms with Crippen molar-refractivity contribution in [2.75, 3.05) is 23.3 Å². The van der Waals surface area contributed by atoms with Crippen molar-refractivity contribution in [1.82, 2.24) is 9.97 Å². The first kappa shape index (κ1) is 26.7. The number of anilines is 2. The molecule has 0 spiro atoms. The second-order valence-corrected chi connectivity index (χ2v) is 12.6. The molecule has 1 unspecified atom stereocenters. The molecule has 1 amide bonds. The Morgan fingerprint density at radius 1 is 1.32 bits per heavy atom. The fourth-order valence-corrected chi connectivity index (χ4v) is 6.81. The minimum atomic E-state index is -0.746. The van der Waals surface area contributed by atoms with E-state index in [1.54, 1.807) is 20.8 Å². The number of ether oxygens (including phenoxy) is 2. The molecule has 0 aliphatic carbocycles. The highest BCUT2D eigenvalue weighted by atomic mass is 35.5. The molecule has 6 rings (SSSR count). The fraction of sp³-hybridized carbons (Fsp3) is 0.379. The highest BCUT2D eigenvalue weighted by Crippen LogP contribution is 2.48. The van der Waals surface area contributed by atoms with Gasteiger partial charge in [0.2, 0.25) is 0 Å². The number of pyridine rings is 2. The maximum Gasteiger partial charge on any atom is 0.412 e. The summed E-state index contributed by atoms with van der Waals surface area (Å²) < 4.78 is 26.5. The molecule has 1 N–H and O–H groups in total. The van der Waals surface area contributed by atoms with Gasteiger partial charge >= 0.3 is 6.09 Å². The summed E-state index contributed by atoms with van der Waals surface area (Å²) in [5.41, 5.74) is 2.63. The molecule has 4 aromatic rings. The van der Waals surface area contributed by atoms with Crippen LogP contribution in [0.3, 0.4) is 0 Å². The van der Waals surface area contributed by atoms with Crippen LogP contribution in [0.4, 0.5) is 20.0 Å². The van der Waals surface area contributed by atoms with E-state index in [0.717, 1.165) is 59.4 Å². The topological polar surface area (TPSA) is 100 Å². The third-order valence-corrected chi connectivity index (χ3v) is 8.65. The van der Waals surface area contributed by atoms with Crippen LogP contribution in [0.2, 0.25) is 5.02 Å². The van der Waals surface area contributed by atoms with Crippen molar-refractivity contribution in [3.8, 4) is 17.3 Å². The number of fused-ring (bicyclic) bond motifs is 4. The van der Waals surface area contributed by atoms with E-state index in [0.29, 0.717) is 40.9 Å². The number of thiophene rings is 1. The normalized spacial score (nSPS) is 16.9. The van der Waals surface area contributed by atoms with Gasteiger partial charge in [-0.05, 0) is 56.4 Å². The Hall–Kier alpha value is -3.52. The number of rotatable bonds is 3. The summed E-state index contributed by atoms with van der Waals surface area (Å²) in [7, 11) is 0. The molecule has 0 radical (unpaired) electrons. The van der Waals surface area contributed by atoms with Gasteiger partial charge < -0.3 is 14.4 Å². The average Bonchev–Trinajstić information content (AvgIpc) is 3.63. The lowest BCUT2D eigenvalue weighted by atomic mass is 9.94. The monoisotopic (exact) mass is 579 g/mol. The summed E-state index contributed by atoms with van der Waals surface area (Å²) in [5, 5.41) is 14.5. The minimum absolute atomic E-state index is 0.0875. The number of nitrogens with zero attached hydrogens (tertiary/aromatic N) is 4. The second kappa shape index (κ2) is 9.84. The number of halogens is 2. The highest BCUT2D eigenvalue weighted by molar-refractivity contribution is 7.23. The molecule has 2 aliphatic rings. The van der Waals surface area contributed by atoms with Gasteiger partial charge in [-0.3, -0.25) is 10.3 Å². The first-order valence-electron chi connectivity index (χ1n) is 13.0. The van der Waals surface area contributed by atoms with Crippen LogP contribution in [-0.2, 0) is 22.7 Å². The Morgan fingerprint density at radius 2 is 2.10 bits per heavy atom. The lowest BCUT2D eigenvalue weighted by Crippen LogP contribution is -2.27. The van der Waals surface area contributed by atoms with Gasteiger partial charge in [0.15, 0.2) is 5.82 Å². The summed E-state index contributed by atoms with van der Waals surface area (Å²) in [6, 6.07) is 6.19. The quantitative estimate of drug-likeness (QED) is 0.270. The zero-order valence-electron chi connectivity index (χ0n) is 22.5. The van der Waals surface area contributed by atoms with Crippen molar-refractivity contribution < 1.29 is 18.7 Å². The Labute approximate surface area is 239 Å². The average molecular weight is 580 g/mol. The van der Waals surface area contributed by atoms with Gasteiger partial charge in [0.25, 0.3) is 0 Å². The summed E-state index contributed by atoms with van der Waals surface area (Å²) >= 11 is 8.08. The van der Waals surface area contributed by atoms with E-state index in [-0.39, 0.29) is 20.7 Å². The number of nitrogens with one attached hydrogen (secondary N) is 1. The van der Waals surface area contributed by atoms with Crippen LogP contribution < -0.4 is 10.2 Å². The van der Waals surface area contributed by atoms with Crippen molar-refractivity contribution in [1.29, 1.82) is 5.26 Å². The molecule has 8 nitrogen and oxygen atoms in total. The standard InChI is InChI=1S/C29H27ClFN5O3S/c1-14-7-8-36(11-14)20-6-5-15-17-12-38-13-18(17)21(23(30)24(15)34-20)25-22-16(9-32)27(35-28(37)39-29(2,3)4)40-26(22)19(31)10-33-25/h5-6,10,14H,7-8,11-13H2,1-4H3,(H,35,37). The molecule has 40 heavy (non-hydrogen) atoms. The molecular weight excluding hydrogens is 553 g/mol. The van der Waals surface area contributed by atoms with Crippen LogP contribution in [0.5, 0.6) is 0 Å². The largest absolute Gasteiger partial charge is 0.444 e. The van der Waals surface area contributed by atoms with E-state index in [4.69, 9.17) is 26.1 Å². The summed E-state index contributed by atoms with van der Waals surface area (Å²) in [4.78, 5) is 24.2. The van der Waals surface area contributed by atoms with Gasteiger partial charge in [-0.1, -0.05) is 18.5 Å². The second-order valence-electron chi connectivity index (χ2n) is 11.2.